The Hall–Kier alpha value is -1.53. The molecular formula is C14H13F3N2S. The average molecular weight is 298 g/mol. The van der Waals surface area contributed by atoms with Crippen molar-refractivity contribution in [2.45, 2.75) is 29.6 Å². The Morgan fingerprint density at radius 2 is 1.85 bits per heavy atom. The van der Waals surface area contributed by atoms with Crippen LogP contribution in [-0.4, -0.2) is 4.98 Å². The normalized spacial score (nSPS) is 11.7. The third-order valence-corrected chi connectivity index (χ3v) is 3.97. The first-order chi connectivity index (χ1) is 9.41. The van der Waals surface area contributed by atoms with Gasteiger partial charge in [-0.25, -0.2) is 4.98 Å². The molecule has 2 aromatic rings. The van der Waals surface area contributed by atoms with Crippen LogP contribution in [0.5, 0.6) is 0 Å². The van der Waals surface area contributed by atoms with Crippen LogP contribution in [0.3, 0.4) is 0 Å². The lowest BCUT2D eigenvalue weighted by atomic mass is 10.2. The van der Waals surface area contributed by atoms with Crippen molar-refractivity contribution in [3.8, 4) is 0 Å². The highest BCUT2D eigenvalue weighted by Gasteiger charge is 2.33. The van der Waals surface area contributed by atoms with Crippen LogP contribution in [-0.2, 0) is 12.7 Å². The number of rotatable bonds is 3. The van der Waals surface area contributed by atoms with Crippen molar-refractivity contribution >= 4 is 11.8 Å². The molecule has 0 spiro atoms. The number of aryl methyl sites for hydroxylation is 1. The van der Waals surface area contributed by atoms with Crippen LogP contribution in [0.1, 0.15) is 16.8 Å². The van der Waals surface area contributed by atoms with Crippen LogP contribution >= 0.6 is 11.8 Å². The van der Waals surface area contributed by atoms with Gasteiger partial charge in [-0.05, 0) is 30.2 Å². The third-order valence-electron chi connectivity index (χ3n) is 2.75. The van der Waals surface area contributed by atoms with E-state index in [1.807, 2.05) is 31.2 Å². The summed E-state index contributed by atoms with van der Waals surface area (Å²) < 4.78 is 38.2. The highest BCUT2D eigenvalue weighted by Crippen LogP contribution is 2.34. The van der Waals surface area contributed by atoms with Crippen molar-refractivity contribution < 1.29 is 13.2 Å². The summed E-state index contributed by atoms with van der Waals surface area (Å²) in [4.78, 5) is 4.58. The van der Waals surface area contributed by atoms with Gasteiger partial charge >= 0.3 is 6.18 Å². The molecule has 2 rings (SSSR count). The summed E-state index contributed by atoms with van der Waals surface area (Å²) in [6.07, 6.45) is -4.45. The van der Waals surface area contributed by atoms with Gasteiger partial charge in [0, 0.05) is 11.4 Å². The molecule has 0 saturated carbocycles. The van der Waals surface area contributed by atoms with Gasteiger partial charge in [-0.3, -0.25) is 0 Å². The zero-order valence-corrected chi connectivity index (χ0v) is 11.6. The number of nitrogens with two attached hydrogens (primary N) is 1. The van der Waals surface area contributed by atoms with Crippen LogP contribution < -0.4 is 5.73 Å². The molecule has 0 aliphatic rings. The van der Waals surface area contributed by atoms with Gasteiger partial charge in [-0.2, -0.15) is 13.2 Å². The van der Waals surface area contributed by atoms with E-state index >= 15 is 0 Å². The molecule has 0 saturated heterocycles. The Bertz CT molecular complexity index is 612. The summed E-state index contributed by atoms with van der Waals surface area (Å²) in [7, 11) is 0. The Balaban J connectivity index is 2.42. The molecule has 0 amide bonds. The Kier molecular flexibility index (Phi) is 4.35. The van der Waals surface area contributed by atoms with Gasteiger partial charge in [-0.1, -0.05) is 36.0 Å². The minimum Gasteiger partial charge on any atom is -0.326 e. The molecule has 1 aromatic heterocycles. The third kappa shape index (κ3) is 3.32. The van der Waals surface area contributed by atoms with Crippen LogP contribution in [0.15, 0.2) is 46.3 Å². The largest absolute Gasteiger partial charge is 0.433 e. The summed E-state index contributed by atoms with van der Waals surface area (Å²) in [5.41, 5.74) is 6.26. The molecule has 2 nitrogen and oxygen atoms in total. The Morgan fingerprint density at radius 1 is 1.15 bits per heavy atom. The monoisotopic (exact) mass is 298 g/mol. The van der Waals surface area contributed by atoms with Crippen molar-refractivity contribution in [3.63, 3.8) is 0 Å². The summed E-state index contributed by atoms with van der Waals surface area (Å²) >= 11 is 1.20. The number of aromatic nitrogens is 1. The molecule has 6 heteroatoms. The van der Waals surface area contributed by atoms with Gasteiger partial charge in [0.25, 0.3) is 0 Å². The zero-order chi connectivity index (χ0) is 14.8. The second-order valence-corrected chi connectivity index (χ2v) is 5.26. The predicted octanol–water partition coefficient (Wildman–Crippen LogP) is 4.02. The summed E-state index contributed by atoms with van der Waals surface area (Å²) in [5, 5.41) is 0.302. The number of halogens is 3. The van der Waals surface area contributed by atoms with E-state index in [9.17, 15) is 13.2 Å². The molecular weight excluding hydrogens is 285 g/mol. The maximum Gasteiger partial charge on any atom is 0.433 e. The maximum absolute atomic E-state index is 12.7. The van der Waals surface area contributed by atoms with Crippen LogP contribution in [0.4, 0.5) is 13.2 Å². The number of hydrogen-bond acceptors (Lipinski definition) is 3. The van der Waals surface area contributed by atoms with Crippen LogP contribution in [0.25, 0.3) is 0 Å². The number of hydrogen-bond donors (Lipinski definition) is 1. The van der Waals surface area contributed by atoms with E-state index in [4.69, 9.17) is 5.73 Å². The summed E-state index contributed by atoms with van der Waals surface area (Å²) in [6.45, 7) is 2.05. The maximum atomic E-state index is 12.7. The molecule has 1 heterocycles. The van der Waals surface area contributed by atoms with Gasteiger partial charge in [0.05, 0.1) is 0 Å². The van der Waals surface area contributed by atoms with E-state index in [-0.39, 0.29) is 6.54 Å². The van der Waals surface area contributed by atoms with Crippen molar-refractivity contribution in [3.05, 3.63) is 53.2 Å². The lowest BCUT2D eigenvalue weighted by Crippen LogP contribution is -2.10. The molecule has 0 bridgehead atoms. The van der Waals surface area contributed by atoms with E-state index in [1.165, 1.54) is 17.8 Å². The van der Waals surface area contributed by atoms with E-state index in [2.05, 4.69) is 4.98 Å². The lowest BCUT2D eigenvalue weighted by molar-refractivity contribution is -0.141. The topological polar surface area (TPSA) is 38.9 Å². The van der Waals surface area contributed by atoms with Crippen molar-refractivity contribution in [2.24, 2.45) is 5.73 Å². The fourth-order valence-corrected chi connectivity index (χ4v) is 2.66. The first-order valence-corrected chi connectivity index (χ1v) is 6.74. The van der Waals surface area contributed by atoms with E-state index in [0.29, 0.717) is 10.6 Å². The van der Waals surface area contributed by atoms with E-state index in [1.54, 1.807) is 0 Å². The van der Waals surface area contributed by atoms with Gasteiger partial charge in [0.2, 0.25) is 0 Å². The molecule has 106 valence electrons. The quantitative estimate of drug-likeness (QED) is 0.930. The first kappa shape index (κ1) is 14.9. The van der Waals surface area contributed by atoms with Crippen LogP contribution in [0, 0.1) is 6.92 Å². The molecule has 0 fully saturated rings. The molecule has 20 heavy (non-hydrogen) atoms. The molecule has 1 aromatic carbocycles. The van der Waals surface area contributed by atoms with Gasteiger partial charge < -0.3 is 5.73 Å². The van der Waals surface area contributed by atoms with E-state index in [0.717, 1.165) is 16.5 Å². The zero-order valence-electron chi connectivity index (χ0n) is 10.7. The molecule has 0 unspecified atom stereocenters. The number of pyridine rings is 1. The highest BCUT2D eigenvalue weighted by atomic mass is 32.2. The fourth-order valence-electron chi connectivity index (χ4n) is 1.65. The smallest absolute Gasteiger partial charge is 0.326 e. The first-order valence-electron chi connectivity index (χ1n) is 5.92. The molecule has 0 atom stereocenters. The summed E-state index contributed by atoms with van der Waals surface area (Å²) in [5.74, 6) is 0. The lowest BCUT2D eigenvalue weighted by Gasteiger charge is -2.12. The minimum absolute atomic E-state index is 0.152. The predicted molar refractivity (Wildman–Crippen MR) is 72.4 cm³/mol. The molecule has 0 aliphatic heterocycles. The Labute approximate surface area is 119 Å². The second-order valence-electron chi connectivity index (χ2n) is 4.23. The second kappa shape index (κ2) is 5.85. The minimum atomic E-state index is -4.45. The van der Waals surface area contributed by atoms with Gasteiger partial charge in [0.15, 0.2) is 0 Å². The molecule has 0 aliphatic carbocycles. The SMILES string of the molecule is Cc1ccccc1Sc1nc(C(F)(F)F)ccc1CN. The van der Waals surface area contributed by atoms with E-state index < -0.39 is 11.9 Å². The molecule has 2 N–H and O–H groups in total. The van der Waals surface area contributed by atoms with Gasteiger partial charge in [0.1, 0.15) is 10.7 Å². The number of benzene rings is 1. The standard InChI is InChI=1S/C14H13F3N2S/c1-9-4-2-3-5-11(9)20-13-10(8-18)6-7-12(19-13)14(15,16)17/h2-7H,8,18H2,1H3. The molecule has 0 radical (unpaired) electrons. The number of nitrogens with zero attached hydrogens (tertiary/aromatic N) is 1. The highest BCUT2D eigenvalue weighted by molar-refractivity contribution is 7.99. The van der Waals surface area contributed by atoms with Crippen molar-refractivity contribution in [1.29, 1.82) is 0 Å². The van der Waals surface area contributed by atoms with Crippen molar-refractivity contribution in [2.75, 3.05) is 0 Å². The number of alkyl halides is 3. The average Bonchev–Trinajstić information content (AvgIpc) is 2.40. The summed E-state index contributed by atoms with van der Waals surface area (Å²) in [6, 6.07) is 9.81. The van der Waals surface area contributed by atoms with Gasteiger partial charge in [-0.15, -0.1) is 0 Å². The Morgan fingerprint density at radius 3 is 2.45 bits per heavy atom. The fraction of sp³-hybridized carbons (Fsp3) is 0.214. The van der Waals surface area contributed by atoms with Crippen molar-refractivity contribution in [1.82, 2.24) is 4.98 Å². The van der Waals surface area contributed by atoms with Crippen LogP contribution in [0.2, 0.25) is 0 Å².